The first-order valence-corrected chi connectivity index (χ1v) is 10.7. The smallest absolute Gasteiger partial charge is 0.231 e. The number of aliphatic imine (C=N–C) groups is 1. The van der Waals surface area contributed by atoms with Crippen LogP contribution >= 0.6 is 23.4 Å². The quantitative estimate of drug-likeness (QED) is 0.476. The van der Waals surface area contributed by atoms with Crippen molar-refractivity contribution in [3.05, 3.63) is 52.8 Å². The Morgan fingerprint density at radius 2 is 2.04 bits per heavy atom. The highest BCUT2D eigenvalue weighted by molar-refractivity contribution is 8.13. The summed E-state index contributed by atoms with van der Waals surface area (Å²) in [6.45, 7) is 6.27. The van der Waals surface area contributed by atoms with Crippen LogP contribution in [0.15, 0.2) is 41.4 Å². The molecule has 0 unspecified atom stereocenters. The van der Waals surface area contributed by atoms with Gasteiger partial charge >= 0.3 is 0 Å². The van der Waals surface area contributed by atoms with Crippen LogP contribution in [-0.4, -0.2) is 36.2 Å². The number of likely N-dealkylation sites (tertiary alicyclic amines) is 1. The summed E-state index contributed by atoms with van der Waals surface area (Å²) in [5.41, 5.74) is 1.62. The molecule has 4 rings (SSSR count). The van der Waals surface area contributed by atoms with Gasteiger partial charge in [-0.15, -0.1) is 0 Å². The second-order valence-corrected chi connectivity index (χ2v) is 8.64. The molecule has 4 nitrogen and oxygen atoms in total. The Balaban J connectivity index is 1.62. The maximum absolute atomic E-state index is 13.5. The molecule has 0 amide bonds. The van der Waals surface area contributed by atoms with Gasteiger partial charge in [-0.3, -0.25) is 0 Å². The number of amidine groups is 1. The normalized spacial score (nSPS) is 24.1. The summed E-state index contributed by atoms with van der Waals surface area (Å²) >= 11 is 8.00. The van der Waals surface area contributed by atoms with Crippen molar-refractivity contribution in [2.45, 2.75) is 19.3 Å². The molecule has 7 heteroatoms. The molecule has 0 radical (unpaired) electrons. The summed E-state index contributed by atoms with van der Waals surface area (Å²) in [6.07, 6.45) is 2.02. The fourth-order valence-corrected chi connectivity index (χ4v) is 4.89. The fourth-order valence-electron chi connectivity index (χ4n) is 3.91. The molecule has 2 aliphatic heterocycles. The number of ether oxygens (including phenoxy) is 2. The monoisotopic (exact) mass is 420 g/mol. The molecule has 0 bridgehead atoms. The van der Waals surface area contributed by atoms with E-state index in [4.69, 9.17) is 26.1 Å². The van der Waals surface area contributed by atoms with Gasteiger partial charge in [-0.25, -0.2) is 9.38 Å². The SMILES string of the molecule is CS/C(=N/c1ccc2c(c1)OCO2)N1C[C@H](C)[C@@](C)(c2ccc(F)cc2Cl)C1. The lowest BCUT2D eigenvalue weighted by molar-refractivity contribution is 0.174. The molecule has 0 saturated carbocycles. The summed E-state index contributed by atoms with van der Waals surface area (Å²) in [4.78, 5) is 7.12. The maximum atomic E-state index is 13.5. The highest BCUT2D eigenvalue weighted by Gasteiger charge is 2.43. The van der Waals surface area contributed by atoms with Crippen molar-refractivity contribution in [1.29, 1.82) is 0 Å². The molecule has 28 heavy (non-hydrogen) atoms. The summed E-state index contributed by atoms with van der Waals surface area (Å²) in [7, 11) is 0. The lowest BCUT2D eigenvalue weighted by Crippen LogP contribution is -2.33. The van der Waals surface area contributed by atoms with E-state index in [1.165, 1.54) is 12.1 Å². The first-order chi connectivity index (χ1) is 13.4. The molecule has 1 fully saturated rings. The zero-order chi connectivity index (χ0) is 19.9. The average Bonchev–Trinajstić information content (AvgIpc) is 3.24. The number of hydrogen-bond acceptors (Lipinski definition) is 4. The van der Waals surface area contributed by atoms with E-state index in [1.54, 1.807) is 11.8 Å². The zero-order valence-electron chi connectivity index (χ0n) is 16.0. The van der Waals surface area contributed by atoms with Gasteiger partial charge in [0.05, 0.1) is 5.69 Å². The molecular weight excluding hydrogens is 399 g/mol. The maximum Gasteiger partial charge on any atom is 0.231 e. The van der Waals surface area contributed by atoms with E-state index in [0.717, 1.165) is 41.0 Å². The minimum Gasteiger partial charge on any atom is -0.454 e. The molecule has 2 aromatic rings. The summed E-state index contributed by atoms with van der Waals surface area (Å²) in [6, 6.07) is 10.4. The minimum atomic E-state index is -0.311. The predicted molar refractivity (Wildman–Crippen MR) is 113 cm³/mol. The van der Waals surface area contributed by atoms with E-state index >= 15 is 0 Å². The van der Waals surface area contributed by atoms with Crippen LogP contribution in [0.3, 0.4) is 0 Å². The second-order valence-electron chi connectivity index (χ2n) is 7.46. The molecule has 2 atom stereocenters. The number of thioether (sulfide) groups is 1. The minimum absolute atomic E-state index is 0.184. The van der Waals surface area contributed by atoms with Crippen molar-refractivity contribution in [3.8, 4) is 11.5 Å². The Bertz CT molecular complexity index is 939. The third kappa shape index (κ3) is 3.44. The number of benzene rings is 2. The van der Waals surface area contributed by atoms with Gasteiger partial charge < -0.3 is 14.4 Å². The van der Waals surface area contributed by atoms with Crippen LogP contribution in [0.25, 0.3) is 0 Å². The van der Waals surface area contributed by atoms with Crippen molar-refractivity contribution in [2.75, 3.05) is 26.1 Å². The number of nitrogens with zero attached hydrogens (tertiary/aromatic N) is 2. The van der Waals surface area contributed by atoms with Gasteiger partial charge in [0.1, 0.15) is 5.82 Å². The van der Waals surface area contributed by atoms with Gasteiger partial charge in [0, 0.05) is 29.6 Å². The Hall–Kier alpha value is -1.92. The number of hydrogen-bond donors (Lipinski definition) is 0. The van der Waals surface area contributed by atoms with Gasteiger partial charge in [0.25, 0.3) is 0 Å². The predicted octanol–water partition coefficient (Wildman–Crippen LogP) is 5.47. The first-order valence-electron chi connectivity index (χ1n) is 9.13. The lowest BCUT2D eigenvalue weighted by Gasteiger charge is -2.30. The van der Waals surface area contributed by atoms with E-state index in [-0.39, 0.29) is 18.0 Å². The largest absolute Gasteiger partial charge is 0.454 e. The molecule has 0 N–H and O–H groups in total. The third-order valence-corrected chi connectivity index (χ3v) is 6.71. The van der Waals surface area contributed by atoms with Crippen LogP contribution in [-0.2, 0) is 5.41 Å². The Morgan fingerprint density at radius 3 is 2.79 bits per heavy atom. The van der Waals surface area contributed by atoms with E-state index in [2.05, 4.69) is 18.7 Å². The second kappa shape index (κ2) is 7.48. The van der Waals surface area contributed by atoms with Crippen molar-refractivity contribution >= 4 is 34.2 Å². The van der Waals surface area contributed by atoms with Gasteiger partial charge in [-0.2, -0.15) is 0 Å². The highest BCUT2D eigenvalue weighted by Crippen LogP contribution is 2.43. The molecule has 2 aromatic carbocycles. The summed E-state index contributed by atoms with van der Waals surface area (Å²) < 4.78 is 24.3. The number of fused-ring (bicyclic) bond motifs is 1. The Morgan fingerprint density at radius 1 is 1.25 bits per heavy atom. The topological polar surface area (TPSA) is 34.1 Å². The van der Waals surface area contributed by atoms with E-state index in [0.29, 0.717) is 10.9 Å². The summed E-state index contributed by atoms with van der Waals surface area (Å²) in [5.74, 6) is 1.50. The van der Waals surface area contributed by atoms with Crippen molar-refractivity contribution < 1.29 is 13.9 Å². The van der Waals surface area contributed by atoms with Crippen LogP contribution in [0.5, 0.6) is 11.5 Å². The highest BCUT2D eigenvalue weighted by atomic mass is 35.5. The first kappa shape index (κ1) is 19.4. The standard InChI is InChI=1S/C21H22ClFN2O2S/c1-13-10-25(11-21(13,2)16-6-4-14(23)8-17(16)22)20(28-3)24-15-5-7-18-19(9-15)27-12-26-18/h4-9,13H,10-12H2,1-3H3/b24-20+/t13-,21-/m0/s1. The molecule has 0 aliphatic carbocycles. The third-order valence-electron chi connectivity index (χ3n) is 5.68. The van der Waals surface area contributed by atoms with Crippen LogP contribution in [0.2, 0.25) is 5.02 Å². The molecule has 2 heterocycles. The van der Waals surface area contributed by atoms with Crippen LogP contribution in [0.4, 0.5) is 10.1 Å². The number of rotatable bonds is 2. The molecule has 148 valence electrons. The van der Waals surface area contributed by atoms with Crippen molar-refractivity contribution in [3.63, 3.8) is 0 Å². The average molecular weight is 421 g/mol. The van der Waals surface area contributed by atoms with Crippen molar-refractivity contribution in [1.82, 2.24) is 4.90 Å². The van der Waals surface area contributed by atoms with Crippen LogP contribution < -0.4 is 9.47 Å². The van der Waals surface area contributed by atoms with E-state index < -0.39 is 0 Å². The van der Waals surface area contributed by atoms with Crippen LogP contribution in [0.1, 0.15) is 19.4 Å². The Kier molecular flexibility index (Phi) is 5.19. The zero-order valence-corrected chi connectivity index (χ0v) is 17.6. The van der Waals surface area contributed by atoms with Gasteiger partial charge in [-0.05, 0) is 42.0 Å². The molecule has 2 aliphatic rings. The van der Waals surface area contributed by atoms with E-state index in [9.17, 15) is 4.39 Å². The Labute approximate surface area is 173 Å². The van der Waals surface area contributed by atoms with Crippen molar-refractivity contribution in [2.24, 2.45) is 10.9 Å². The molecule has 0 spiro atoms. The molecule has 0 aromatic heterocycles. The number of halogens is 2. The molecule has 1 saturated heterocycles. The van der Waals surface area contributed by atoms with Gasteiger partial charge in [0.2, 0.25) is 6.79 Å². The molecular formula is C21H22ClFN2O2S. The van der Waals surface area contributed by atoms with E-state index in [1.807, 2.05) is 30.5 Å². The van der Waals surface area contributed by atoms with Crippen LogP contribution in [0, 0.1) is 11.7 Å². The van der Waals surface area contributed by atoms with Gasteiger partial charge in [-0.1, -0.05) is 43.3 Å². The van der Waals surface area contributed by atoms with Gasteiger partial charge in [0.15, 0.2) is 16.7 Å². The summed E-state index contributed by atoms with van der Waals surface area (Å²) in [5, 5.41) is 1.42. The fraction of sp³-hybridized carbons (Fsp3) is 0.381. The lowest BCUT2D eigenvalue weighted by atomic mass is 9.75.